The summed E-state index contributed by atoms with van der Waals surface area (Å²) in [6, 6.07) is 10.6. The van der Waals surface area contributed by atoms with Gasteiger partial charge in [0, 0.05) is 29.9 Å². The molecule has 0 aliphatic carbocycles. The van der Waals surface area contributed by atoms with Crippen LogP contribution in [0, 0.1) is 5.82 Å². The Morgan fingerprint density at radius 1 is 1.24 bits per heavy atom. The highest BCUT2D eigenvalue weighted by molar-refractivity contribution is 5.87. The monoisotopic (exact) mass is 339 g/mol. The molecule has 2 aliphatic rings. The van der Waals surface area contributed by atoms with Crippen molar-refractivity contribution in [2.45, 2.75) is 13.0 Å². The van der Waals surface area contributed by atoms with Crippen molar-refractivity contribution in [1.82, 2.24) is 4.90 Å². The first-order chi connectivity index (χ1) is 12.1. The maximum Gasteiger partial charge on any atom is 0.133 e. The van der Waals surface area contributed by atoms with Crippen LogP contribution in [0.1, 0.15) is 18.5 Å². The van der Waals surface area contributed by atoms with Gasteiger partial charge in [0.25, 0.3) is 0 Å². The number of para-hydroxylation sites is 1. The molecular weight excluding hydrogens is 317 g/mol. The van der Waals surface area contributed by atoms with Gasteiger partial charge in [0.05, 0.1) is 18.8 Å². The minimum absolute atomic E-state index is 0.211. The third kappa shape index (κ3) is 2.51. The number of hydrogen-bond donors (Lipinski definition) is 2. The van der Waals surface area contributed by atoms with Gasteiger partial charge in [-0.25, -0.2) is 4.39 Å². The highest BCUT2D eigenvalue weighted by atomic mass is 19.1. The highest BCUT2D eigenvalue weighted by Crippen LogP contribution is 2.45. The minimum Gasteiger partial charge on any atom is -0.496 e. The molecule has 2 aromatic carbocycles. The average molecular weight is 339 g/mol. The van der Waals surface area contributed by atoms with Crippen LogP contribution in [0.25, 0.3) is 11.1 Å². The third-order valence-corrected chi connectivity index (χ3v) is 5.16. The van der Waals surface area contributed by atoms with Crippen molar-refractivity contribution in [3.05, 3.63) is 59.0 Å². The molecule has 0 radical (unpaired) electrons. The summed E-state index contributed by atoms with van der Waals surface area (Å²) in [6.45, 7) is 4.78. The van der Waals surface area contributed by atoms with Gasteiger partial charge in [0.2, 0.25) is 0 Å². The molecule has 4 nitrogen and oxygen atoms in total. The molecule has 0 aromatic heterocycles. The molecule has 5 heteroatoms. The van der Waals surface area contributed by atoms with Crippen molar-refractivity contribution in [2.75, 3.05) is 32.1 Å². The lowest BCUT2D eigenvalue weighted by atomic mass is 9.89. The Morgan fingerprint density at radius 3 is 2.80 bits per heavy atom. The number of nitrogens with one attached hydrogen (secondary N) is 1. The van der Waals surface area contributed by atoms with E-state index in [0.717, 1.165) is 42.1 Å². The van der Waals surface area contributed by atoms with Crippen LogP contribution in [-0.4, -0.2) is 31.6 Å². The van der Waals surface area contributed by atoms with E-state index < -0.39 is 0 Å². The molecule has 0 fully saturated rings. The topological polar surface area (TPSA) is 50.5 Å². The Labute approximate surface area is 147 Å². The van der Waals surface area contributed by atoms with Gasteiger partial charge >= 0.3 is 0 Å². The summed E-state index contributed by atoms with van der Waals surface area (Å²) in [5, 5.41) is 3.48. The van der Waals surface area contributed by atoms with Crippen molar-refractivity contribution >= 4 is 5.69 Å². The van der Waals surface area contributed by atoms with E-state index in [1.54, 1.807) is 13.2 Å². The van der Waals surface area contributed by atoms with Gasteiger partial charge < -0.3 is 15.8 Å². The fraction of sp³-hybridized carbons (Fsp3) is 0.300. The van der Waals surface area contributed by atoms with E-state index in [2.05, 4.69) is 17.1 Å². The second-order valence-electron chi connectivity index (χ2n) is 6.50. The molecule has 2 heterocycles. The van der Waals surface area contributed by atoms with Crippen molar-refractivity contribution < 1.29 is 9.13 Å². The van der Waals surface area contributed by atoms with Crippen LogP contribution in [-0.2, 0) is 0 Å². The molecule has 2 aromatic rings. The van der Waals surface area contributed by atoms with E-state index in [4.69, 9.17) is 10.5 Å². The van der Waals surface area contributed by atoms with Crippen LogP contribution in [0.2, 0.25) is 0 Å². The number of hydrogen-bond acceptors (Lipinski definition) is 4. The van der Waals surface area contributed by atoms with E-state index in [1.807, 2.05) is 24.3 Å². The fourth-order valence-electron chi connectivity index (χ4n) is 3.79. The second-order valence-corrected chi connectivity index (χ2v) is 6.50. The van der Waals surface area contributed by atoms with E-state index in [-0.39, 0.29) is 11.9 Å². The van der Waals surface area contributed by atoms with E-state index in [9.17, 15) is 4.39 Å². The Kier molecular flexibility index (Phi) is 3.98. The molecule has 4 rings (SSSR count). The number of likely N-dealkylation sites (N-methyl/N-ethyl adjacent to an activating group) is 1. The van der Waals surface area contributed by atoms with Crippen molar-refractivity contribution in [3.63, 3.8) is 0 Å². The number of rotatable bonds is 3. The maximum absolute atomic E-state index is 14.8. The van der Waals surface area contributed by atoms with Crippen LogP contribution in [0.5, 0.6) is 5.75 Å². The molecule has 1 atom stereocenters. The normalized spacial score (nSPS) is 19.4. The van der Waals surface area contributed by atoms with E-state index in [0.29, 0.717) is 11.3 Å². The number of fused-ring (bicyclic) bond motifs is 1. The zero-order chi connectivity index (χ0) is 17.6. The van der Waals surface area contributed by atoms with Crippen LogP contribution in [0.15, 0.2) is 47.7 Å². The predicted octanol–water partition coefficient (Wildman–Crippen LogP) is 3.52. The lowest BCUT2D eigenvalue weighted by Gasteiger charge is -2.28. The molecule has 1 unspecified atom stereocenters. The standard InChI is InChI=1S/C20H22FN3O/c1-3-24-10-14-16(11-24)23-20-13(19(14)22)8-9-15(21)18(20)12-6-4-5-7-17(12)25-2/h4-9,19,23H,3,10-11,22H2,1-2H3. The van der Waals surface area contributed by atoms with Gasteiger partial charge in [0.1, 0.15) is 11.6 Å². The zero-order valence-corrected chi connectivity index (χ0v) is 14.5. The summed E-state index contributed by atoms with van der Waals surface area (Å²) >= 11 is 0. The van der Waals surface area contributed by atoms with E-state index in [1.165, 1.54) is 11.6 Å². The van der Waals surface area contributed by atoms with E-state index >= 15 is 0 Å². The molecule has 0 spiro atoms. The van der Waals surface area contributed by atoms with Crippen molar-refractivity contribution in [2.24, 2.45) is 5.73 Å². The van der Waals surface area contributed by atoms with Crippen LogP contribution in [0.4, 0.5) is 10.1 Å². The van der Waals surface area contributed by atoms with Crippen LogP contribution >= 0.6 is 0 Å². The minimum atomic E-state index is -0.280. The number of halogens is 1. The van der Waals surface area contributed by atoms with Gasteiger partial charge in [0.15, 0.2) is 0 Å². The van der Waals surface area contributed by atoms with Crippen LogP contribution < -0.4 is 15.8 Å². The summed E-state index contributed by atoms with van der Waals surface area (Å²) in [4.78, 5) is 2.32. The van der Waals surface area contributed by atoms with Gasteiger partial charge in [-0.05, 0) is 29.8 Å². The molecular formula is C20H22FN3O. The highest BCUT2D eigenvalue weighted by Gasteiger charge is 2.33. The maximum atomic E-state index is 14.8. The SMILES string of the molecule is CCN1CC2=C(C1)C(N)c1ccc(F)c(-c3ccccc3OC)c1N2. The summed E-state index contributed by atoms with van der Waals surface area (Å²) < 4.78 is 20.3. The first-order valence-corrected chi connectivity index (χ1v) is 8.56. The van der Waals surface area contributed by atoms with Crippen molar-refractivity contribution in [3.8, 4) is 16.9 Å². The Hall–Kier alpha value is -2.37. The predicted molar refractivity (Wildman–Crippen MR) is 98.1 cm³/mol. The molecule has 3 N–H and O–H groups in total. The molecule has 2 aliphatic heterocycles. The number of nitrogens with two attached hydrogens (primary N) is 1. The lowest BCUT2D eigenvalue weighted by Crippen LogP contribution is -2.24. The first-order valence-electron chi connectivity index (χ1n) is 8.56. The number of benzene rings is 2. The van der Waals surface area contributed by atoms with Gasteiger partial charge in [-0.1, -0.05) is 31.2 Å². The quantitative estimate of drug-likeness (QED) is 0.898. The molecule has 0 saturated heterocycles. The molecule has 0 amide bonds. The van der Waals surface area contributed by atoms with Crippen LogP contribution in [0.3, 0.4) is 0 Å². The number of nitrogens with zero attached hydrogens (tertiary/aromatic N) is 1. The smallest absolute Gasteiger partial charge is 0.133 e. The van der Waals surface area contributed by atoms with Crippen molar-refractivity contribution in [1.29, 1.82) is 0 Å². The Bertz CT molecular complexity index is 862. The number of ether oxygens (including phenoxy) is 1. The molecule has 0 saturated carbocycles. The Morgan fingerprint density at radius 2 is 2.04 bits per heavy atom. The van der Waals surface area contributed by atoms with Gasteiger partial charge in [-0.15, -0.1) is 0 Å². The third-order valence-electron chi connectivity index (χ3n) is 5.16. The summed E-state index contributed by atoms with van der Waals surface area (Å²) in [5.41, 5.74) is 11.8. The molecule has 0 bridgehead atoms. The van der Waals surface area contributed by atoms with Gasteiger partial charge in [-0.3, -0.25) is 4.90 Å². The first kappa shape index (κ1) is 16.1. The summed E-state index contributed by atoms with van der Waals surface area (Å²) in [6.07, 6.45) is 0. The largest absolute Gasteiger partial charge is 0.496 e. The molecule has 130 valence electrons. The molecule has 25 heavy (non-hydrogen) atoms. The number of methoxy groups -OCH3 is 1. The lowest BCUT2D eigenvalue weighted by molar-refractivity contribution is 0.362. The second kappa shape index (κ2) is 6.17. The summed E-state index contributed by atoms with van der Waals surface area (Å²) in [5.74, 6) is 0.365. The summed E-state index contributed by atoms with van der Waals surface area (Å²) in [7, 11) is 1.60. The fourth-order valence-corrected chi connectivity index (χ4v) is 3.79. The van der Waals surface area contributed by atoms with Gasteiger partial charge in [-0.2, -0.15) is 0 Å². The number of anilines is 1. The average Bonchev–Trinajstić information content (AvgIpc) is 3.05. The Balaban J connectivity index is 1.87. The zero-order valence-electron chi connectivity index (χ0n) is 14.5.